The fourth-order valence-corrected chi connectivity index (χ4v) is 4.01. The van der Waals surface area contributed by atoms with Crippen molar-refractivity contribution in [3.8, 4) is 11.5 Å². The molecule has 0 aromatic heterocycles. The first-order valence-corrected chi connectivity index (χ1v) is 6.79. The van der Waals surface area contributed by atoms with E-state index in [0.29, 0.717) is 6.79 Å². The van der Waals surface area contributed by atoms with E-state index in [1.807, 2.05) is 6.07 Å². The van der Waals surface area contributed by atoms with Gasteiger partial charge in [0.2, 0.25) is 6.79 Å². The van der Waals surface area contributed by atoms with E-state index in [1.54, 1.807) is 0 Å². The third-order valence-electron chi connectivity index (χ3n) is 3.80. The molecule has 3 rings (SSSR count). The average Bonchev–Trinajstić information content (AvgIpc) is 2.87. The average molecular weight is 298 g/mol. The molecular weight excluding hydrogens is 282 g/mol. The van der Waals surface area contributed by atoms with Crippen LogP contribution in [0, 0.1) is 6.92 Å². The van der Waals surface area contributed by atoms with Crippen LogP contribution >= 0.6 is 15.9 Å². The van der Waals surface area contributed by atoms with E-state index in [4.69, 9.17) is 15.2 Å². The van der Waals surface area contributed by atoms with E-state index in [2.05, 4.69) is 22.9 Å². The van der Waals surface area contributed by atoms with Gasteiger partial charge < -0.3 is 15.2 Å². The van der Waals surface area contributed by atoms with E-state index in [9.17, 15) is 0 Å². The lowest BCUT2D eigenvalue weighted by atomic mass is 9.86. The molecule has 1 aliphatic carbocycles. The summed E-state index contributed by atoms with van der Waals surface area (Å²) < 4.78 is 11.9. The summed E-state index contributed by atoms with van der Waals surface area (Å²) in [5.74, 6) is 1.63. The number of nitrogens with two attached hydrogens (primary N) is 1. The van der Waals surface area contributed by atoms with Crippen LogP contribution < -0.4 is 15.2 Å². The lowest BCUT2D eigenvalue weighted by Gasteiger charge is -2.28. The topological polar surface area (TPSA) is 44.5 Å². The molecule has 92 valence electrons. The second-order valence-electron chi connectivity index (χ2n) is 4.98. The summed E-state index contributed by atoms with van der Waals surface area (Å²) >= 11 is 3.64. The minimum Gasteiger partial charge on any atom is -0.454 e. The normalized spacial score (nSPS) is 20.9. The fraction of sp³-hybridized carbons (Fsp3) is 0.538. The molecule has 0 saturated heterocycles. The molecule has 0 atom stereocenters. The van der Waals surface area contributed by atoms with Crippen LogP contribution in [0.5, 0.6) is 11.5 Å². The minimum absolute atomic E-state index is 0.204. The molecule has 4 heteroatoms. The molecule has 2 N–H and O–H groups in total. The minimum atomic E-state index is -0.204. The summed E-state index contributed by atoms with van der Waals surface area (Å²) in [6.07, 6.45) is 4.51. The van der Waals surface area contributed by atoms with Gasteiger partial charge in [0.05, 0.1) is 4.47 Å². The second kappa shape index (κ2) is 3.89. The van der Waals surface area contributed by atoms with Crippen LogP contribution in [-0.4, -0.2) is 6.79 Å². The second-order valence-corrected chi connectivity index (χ2v) is 5.77. The summed E-state index contributed by atoms with van der Waals surface area (Å²) in [5, 5.41) is 0. The molecule has 17 heavy (non-hydrogen) atoms. The quantitative estimate of drug-likeness (QED) is 0.866. The summed E-state index contributed by atoms with van der Waals surface area (Å²) in [6.45, 7) is 2.39. The maximum absolute atomic E-state index is 6.55. The van der Waals surface area contributed by atoms with Crippen LogP contribution in [0.2, 0.25) is 0 Å². The lowest BCUT2D eigenvalue weighted by molar-refractivity contribution is 0.173. The molecule has 1 aromatic rings. The van der Waals surface area contributed by atoms with Crippen molar-refractivity contribution in [2.45, 2.75) is 38.1 Å². The Kier molecular flexibility index (Phi) is 2.60. The van der Waals surface area contributed by atoms with Crippen LogP contribution in [0.15, 0.2) is 10.5 Å². The van der Waals surface area contributed by atoms with Crippen LogP contribution in [0.3, 0.4) is 0 Å². The van der Waals surface area contributed by atoms with E-state index < -0.39 is 0 Å². The highest BCUT2D eigenvalue weighted by molar-refractivity contribution is 9.10. The molecule has 0 unspecified atom stereocenters. The third-order valence-corrected chi connectivity index (χ3v) is 4.55. The highest BCUT2D eigenvalue weighted by Crippen LogP contribution is 2.49. The van der Waals surface area contributed by atoms with E-state index in [-0.39, 0.29) is 5.54 Å². The highest BCUT2D eigenvalue weighted by Gasteiger charge is 2.36. The molecule has 1 aromatic carbocycles. The zero-order chi connectivity index (χ0) is 12.0. The van der Waals surface area contributed by atoms with Crippen LogP contribution in [0.25, 0.3) is 0 Å². The molecule has 2 aliphatic rings. The SMILES string of the molecule is Cc1cc2c(c(Br)c1C1(N)CCCC1)OCO2. The Labute approximate surface area is 109 Å². The molecule has 0 radical (unpaired) electrons. The van der Waals surface area contributed by atoms with Gasteiger partial charge in [0.15, 0.2) is 11.5 Å². The number of hydrogen-bond donors (Lipinski definition) is 1. The molecule has 0 spiro atoms. The van der Waals surface area contributed by atoms with Gasteiger partial charge in [-0.2, -0.15) is 0 Å². The summed E-state index contributed by atoms with van der Waals surface area (Å²) in [5.41, 5.74) is 8.72. The largest absolute Gasteiger partial charge is 0.454 e. The van der Waals surface area contributed by atoms with Gasteiger partial charge in [0, 0.05) is 5.54 Å². The number of benzene rings is 1. The van der Waals surface area contributed by atoms with E-state index >= 15 is 0 Å². The monoisotopic (exact) mass is 297 g/mol. The number of fused-ring (bicyclic) bond motifs is 1. The third kappa shape index (κ3) is 1.66. The van der Waals surface area contributed by atoms with Gasteiger partial charge in [-0.25, -0.2) is 0 Å². The Hall–Kier alpha value is -0.740. The smallest absolute Gasteiger partial charge is 0.231 e. The van der Waals surface area contributed by atoms with Crippen molar-refractivity contribution in [1.82, 2.24) is 0 Å². The van der Waals surface area contributed by atoms with Crippen molar-refractivity contribution in [2.24, 2.45) is 5.73 Å². The molecule has 0 bridgehead atoms. The summed E-state index contributed by atoms with van der Waals surface area (Å²) in [6, 6.07) is 2.04. The zero-order valence-corrected chi connectivity index (χ0v) is 11.5. The van der Waals surface area contributed by atoms with Crippen molar-refractivity contribution in [3.05, 3.63) is 21.7 Å². The zero-order valence-electron chi connectivity index (χ0n) is 9.88. The van der Waals surface area contributed by atoms with Crippen molar-refractivity contribution in [2.75, 3.05) is 6.79 Å². The standard InChI is InChI=1S/C13H16BrNO2/c1-8-6-9-12(17-7-16-9)11(14)10(8)13(15)4-2-3-5-13/h6H,2-5,7,15H2,1H3. The van der Waals surface area contributed by atoms with Crippen molar-refractivity contribution < 1.29 is 9.47 Å². The highest BCUT2D eigenvalue weighted by atomic mass is 79.9. The molecule has 0 amide bonds. The molecular formula is C13H16BrNO2. The van der Waals surface area contributed by atoms with Crippen LogP contribution in [0.4, 0.5) is 0 Å². The first-order valence-electron chi connectivity index (χ1n) is 6.00. The fourth-order valence-electron chi connectivity index (χ4n) is 2.99. The van der Waals surface area contributed by atoms with E-state index in [0.717, 1.165) is 28.8 Å². The van der Waals surface area contributed by atoms with E-state index in [1.165, 1.54) is 24.0 Å². The lowest BCUT2D eigenvalue weighted by Crippen LogP contribution is -2.34. The number of halogens is 1. The first-order chi connectivity index (χ1) is 8.12. The predicted molar refractivity (Wildman–Crippen MR) is 69.3 cm³/mol. The molecule has 3 nitrogen and oxygen atoms in total. The Morgan fingerprint density at radius 1 is 1.29 bits per heavy atom. The summed E-state index contributed by atoms with van der Waals surface area (Å²) in [7, 11) is 0. The number of rotatable bonds is 1. The summed E-state index contributed by atoms with van der Waals surface area (Å²) in [4.78, 5) is 0. The van der Waals surface area contributed by atoms with Crippen molar-refractivity contribution in [3.63, 3.8) is 0 Å². The maximum atomic E-state index is 6.55. The van der Waals surface area contributed by atoms with Gasteiger partial charge in [-0.3, -0.25) is 0 Å². The van der Waals surface area contributed by atoms with Crippen molar-refractivity contribution >= 4 is 15.9 Å². The Morgan fingerprint density at radius 3 is 2.71 bits per heavy atom. The number of ether oxygens (including phenoxy) is 2. The van der Waals surface area contributed by atoms with Crippen molar-refractivity contribution in [1.29, 1.82) is 0 Å². The molecule has 1 heterocycles. The maximum Gasteiger partial charge on any atom is 0.231 e. The van der Waals surface area contributed by atoms with Crippen LogP contribution in [0.1, 0.15) is 36.8 Å². The van der Waals surface area contributed by atoms with Gasteiger partial charge in [-0.15, -0.1) is 0 Å². The van der Waals surface area contributed by atoms with Gasteiger partial charge in [-0.1, -0.05) is 12.8 Å². The molecule has 1 fully saturated rings. The molecule has 1 saturated carbocycles. The first kappa shape index (κ1) is 11.4. The van der Waals surface area contributed by atoms with Gasteiger partial charge >= 0.3 is 0 Å². The number of hydrogen-bond acceptors (Lipinski definition) is 3. The Balaban J connectivity index is 2.16. The molecule has 1 aliphatic heterocycles. The van der Waals surface area contributed by atoms with Gasteiger partial charge in [-0.05, 0) is 52.9 Å². The van der Waals surface area contributed by atoms with Crippen LogP contribution in [-0.2, 0) is 5.54 Å². The van der Waals surface area contributed by atoms with Gasteiger partial charge in [0.1, 0.15) is 0 Å². The van der Waals surface area contributed by atoms with Gasteiger partial charge in [0.25, 0.3) is 0 Å². The predicted octanol–water partition coefficient (Wildman–Crippen LogP) is 3.21. The Morgan fingerprint density at radius 2 is 2.00 bits per heavy atom. The Bertz CT molecular complexity index is 467. The number of aryl methyl sites for hydroxylation is 1.